The highest BCUT2D eigenvalue weighted by molar-refractivity contribution is 5.79. The van der Waals surface area contributed by atoms with E-state index in [0.29, 0.717) is 22.8 Å². The molecule has 0 heterocycles. The van der Waals surface area contributed by atoms with Crippen LogP contribution in [-0.4, -0.2) is 46.0 Å². The highest BCUT2D eigenvalue weighted by atomic mass is 16.5. The molecule has 0 saturated heterocycles. The number of hydrogen-bond donors (Lipinski definition) is 3. The van der Waals surface area contributed by atoms with Gasteiger partial charge in [0.15, 0.2) is 6.61 Å². The van der Waals surface area contributed by atoms with Crippen LogP contribution >= 0.6 is 0 Å². The summed E-state index contributed by atoms with van der Waals surface area (Å²) >= 11 is 0. The minimum atomic E-state index is -0.933. The van der Waals surface area contributed by atoms with Crippen molar-refractivity contribution in [1.82, 2.24) is 10.6 Å². The third-order valence-corrected chi connectivity index (χ3v) is 10.1. The van der Waals surface area contributed by atoms with Gasteiger partial charge in [-0.15, -0.1) is 0 Å². The fourth-order valence-corrected chi connectivity index (χ4v) is 7.19. The summed E-state index contributed by atoms with van der Waals surface area (Å²) in [5.41, 5.74) is 13.8. The molecule has 278 valence electrons. The van der Waals surface area contributed by atoms with Crippen LogP contribution in [0.25, 0.3) is 11.1 Å². The molecule has 0 aliphatic heterocycles. The topological polar surface area (TPSA) is 121 Å². The summed E-state index contributed by atoms with van der Waals surface area (Å²) in [7, 11) is 3.15. The fourth-order valence-electron chi connectivity index (χ4n) is 7.19. The second-order valence-electron chi connectivity index (χ2n) is 13.3. The molecule has 1 aliphatic carbocycles. The molecule has 0 fully saturated rings. The number of carbonyl (C=O) groups excluding carboxylic acids is 2. The monoisotopic (exact) mass is 733 g/mol. The molecule has 0 bridgehead atoms. The largest absolute Gasteiger partial charge is 0.497 e. The van der Waals surface area contributed by atoms with Gasteiger partial charge < -0.3 is 35.3 Å². The normalized spacial score (nSPS) is 12.5. The van der Waals surface area contributed by atoms with E-state index in [-0.39, 0.29) is 31.6 Å². The molecule has 1 aliphatic rings. The summed E-state index contributed by atoms with van der Waals surface area (Å²) in [5, 5.41) is 6.02. The van der Waals surface area contributed by atoms with Crippen molar-refractivity contribution in [3.8, 4) is 28.4 Å². The summed E-state index contributed by atoms with van der Waals surface area (Å²) in [6, 6.07) is 47.8. The van der Waals surface area contributed by atoms with Gasteiger partial charge >= 0.3 is 6.09 Å². The van der Waals surface area contributed by atoms with E-state index in [1.54, 1.807) is 32.4 Å². The Bertz CT molecular complexity index is 2160. The van der Waals surface area contributed by atoms with Crippen LogP contribution in [0.5, 0.6) is 17.2 Å². The zero-order valence-corrected chi connectivity index (χ0v) is 30.7. The lowest BCUT2D eigenvalue weighted by molar-refractivity contribution is -0.123. The highest BCUT2D eigenvalue weighted by Gasteiger charge is 2.31. The minimum Gasteiger partial charge on any atom is -0.497 e. The van der Waals surface area contributed by atoms with E-state index >= 15 is 0 Å². The van der Waals surface area contributed by atoms with Crippen LogP contribution in [0.1, 0.15) is 45.3 Å². The van der Waals surface area contributed by atoms with Crippen molar-refractivity contribution < 1.29 is 28.5 Å². The van der Waals surface area contributed by atoms with E-state index in [1.807, 2.05) is 109 Å². The number of hydrogen-bond acceptors (Lipinski definition) is 7. The smallest absolute Gasteiger partial charge is 0.407 e. The quantitative estimate of drug-likeness (QED) is 0.105. The Balaban J connectivity index is 1.04. The first-order chi connectivity index (χ1) is 26.9. The zero-order chi connectivity index (χ0) is 38.2. The predicted octanol–water partition coefficient (Wildman–Crippen LogP) is 7.73. The van der Waals surface area contributed by atoms with E-state index in [9.17, 15) is 9.59 Å². The number of alkyl carbamates (subject to hydrolysis) is 1. The van der Waals surface area contributed by atoms with Crippen molar-refractivity contribution in [3.05, 3.63) is 185 Å². The van der Waals surface area contributed by atoms with Crippen LogP contribution in [0, 0.1) is 0 Å². The minimum absolute atomic E-state index is 0.0845. The van der Waals surface area contributed by atoms with Crippen molar-refractivity contribution >= 4 is 12.0 Å². The number of carbonyl (C=O) groups is 2. The highest BCUT2D eigenvalue weighted by Crippen LogP contribution is 2.44. The number of nitrogens with two attached hydrogens (primary N) is 1. The second-order valence-corrected chi connectivity index (χ2v) is 13.3. The van der Waals surface area contributed by atoms with Crippen molar-refractivity contribution in [2.45, 2.75) is 17.5 Å². The molecular weight excluding hydrogens is 691 g/mol. The number of rotatable bonds is 14. The second kappa shape index (κ2) is 16.6. The van der Waals surface area contributed by atoms with Crippen LogP contribution < -0.4 is 30.6 Å². The fraction of sp³-hybridized carbons (Fsp3) is 0.174. The number of fused-ring (bicyclic) bond motifs is 3. The van der Waals surface area contributed by atoms with Gasteiger partial charge in [0.05, 0.1) is 25.8 Å². The molecule has 0 aromatic heterocycles. The average Bonchev–Trinajstić information content (AvgIpc) is 3.57. The Labute approximate surface area is 321 Å². The van der Waals surface area contributed by atoms with E-state index in [0.717, 1.165) is 38.9 Å². The molecule has 0 spiro atoms. The van der Waals surface area contributed by atoms with Crippen LogP contribution in [0.2, 0.25) is 0 Å². The van der Waals surface area contributed by atoms with E-state index in [4.69, 9.17) is 24.7 Å². The number of amides is 2. The number of benzene rings is 6. The lowest BCUT2D eigenvalue weighted by atomic mass is 9.83. The maximum atomic E-state index is 13.6. The van der Waals surface area contributed by atoms with Gasteiger partial charge in [-0.3, -0.25) is 4.79 Å². The summed E-state index contributed by atoms with van der Waals surface area (Å²) in [5.74, 6) is 1.22. The Kier molecular flexibility index (Phi) is 11.1. The van der Waals surface area contributed by atoms with Crippen molar-refractivity contribution in [2.24, 2.45) is 5.73 Å². The van der Waals surface area contributed by atoms with Gasteiger partial charge in [0.1, 0.15) is 23.9 Å². The molecule has 6 aromatic carbocycles. The maximum Gasteiger partial charge on any atom is 0.407 e. The average molecular weight is 734 g/mol. The molecule has 1 unspecified atom stereocenters. The molecule has 0 radical (unpaired) electrons. The summed E-state index contributed by atoms with van der Waals surface area (Å²) < 4.78 is 23.0. The van der Waals surface area contributed by atoms with E-state index in [1.165, 1.54) is 0 Å². The van der Waals surface area contributed by atoms with Crippen molar-refractivity contribution in [3.63, 3.8) is 0 Å². The van der Waals surface area contributed by atoms with Crippen molar-refractivity contribution in [2.75, 3.05) is 34.0 Å². The van der Waals surface area contributed by atoms with Gasteiger partial charge in [0.25, 0.3) is 5.91 Å². The lowest BCUT2D eigenvalue weighted by Gasteiger charge is -2.31. The van der Waals surface area contributed by atoms with Gasteiger partial charge in [0.2, 0.25) is 0 Å². The molecule has 7 rings (SSSR count). The van der Waals surface area contributed by atoms with E-state index < -0.39 is 17.7 Å². The number of nitrogens with one attached hydrogen (secondary N) is 2. The summed E-state index contributed by atoms with van der Waals surface area (Å²) in [6.07, 6.45) is -0.580. The van der Waals surface area contributed by atoms with Gasteiger partial charge in [0, 0.05) is 24.1 Å². The van der Waals surface area contributed by atoms with Gasteiger partial charge in [-0.05, 0) is 63.2 Å². The van der Waals surface area contributed by atoms with Crippen molar-refractivity contribution in [1.29, 1.82) is 0 Å². The van der Waals surface area contributed by atoms with E-state index in [2.05, 4.69) is 34.9 Å². The molecule has 55 heavy (non-hydrogen) atoms. The van der Waals surface area contributed by atoms with Gasteiger partial charge in [-0.25, -0.2) is 4.79 Å². The van der Waals surface area contributed by atoms with Crippen LogP contribution in [0.15, 0.2) is 152 Å². The predicted molar refractivity (Wildman–Crippen MR) is 212 cm³/mol. The molecule has 0 saturated carbocycles. The molecular formula is C46H43N3O6. The SMILES string of the molecule is COc1ccc(C(NC(=O)OCC2c3ccccc3-c3ccccc32)c2ccc(OCC(=O)NCC(N)(c3ccccc3)c3ccccc3)cc2)c(OC)c1. The summed E-state index contributed by atoms with van der Waals surface area (Å²) in [6.45, 7) is 0.130. The number of ether oxygens (including phenoxy) is 4. The molecule has 9 heteroatoms. The lowest BCUT2D eigenvalue weighted by Crippen LogP contribution is -2.49. The van der Waals surface area contributed by atoms with Crippen LogP contribution in [0.4, 0.5) is 4.79 Å². The third-order valence-electron chi connectivity index (χ3n) is 10.1. The molecule has 9 nitrogen and oxygen atoms in total. The first-order valence-corrected chi connectivity index (χ1v) is 18.1. The van der Waals surface area contributed by atoms with Crippen LogP contribution in [-0.2, 0) is 15.1 Å². The van der Waals surface area contributed by atoms with Gasteiger partial charge in [-0.1, -0.05) is 121 Å². The first kappa shape index (κ1) is 36.8. The Morgan fingerprint density at radius 2 is 1.25 bits per heavy atom. The molecule has 6 aromatic rings. The Hall–Kier alpha value is -6.58. The standard InChI is InChI=1S/C46H43N3O6/c1-52-35-25-26-40(42(27-35)53-2)44(49-45(51)55-28-41-38-19-11-9-17-36(38)37-18-10-12-20-39(37)41)31-21-23-34(24-22-31)54-29-43(50)48-30-46(47,32-13-5-3-6-14-32)33-15-7-4-8-16-33/h3-27,41,44H,28-30,47H2,1-2H3,(H,48,50)(H,49,51). The third kappa shape index (κ3) is 8.02. The first-order valence-electron chi connectivity index (χ1n) is 18.1. The molecule has 2 amide bonds. The zero-order valence-electron chi connectivity index (χ0n) is 30.7. The van der Waals surface area contributed by atoms with Crippen LogP contribution in [0.3, 0.4) is 0 Å². The Morgan fingerprint density at radius 1 is 0.691 bits per heavy atom. The summed E-state index contributed by atoms with van der Waals surface area (Å²) in [4.78, 5) is 26.6. The molecule has 1 atom stereocenters. The number of methoxy groups -OCH3 is 2. The molecule has 4 N–H and O–H groups in total. The maximum absolute atomic E-state index is 13.6. The Morgan fingerprint density at radius 3 is 1.84 bits per heavy atom. The van der Waals surface area contributed by atoms with Gasteiger partial charge in [-0.2, -0.15) is 0 Å².